The molecule has 1 heterocycles. The van der Waals surface area contributed by atoms with Crippen LogP contribution >= 0.6 is 11.3 Å². The molecule has 2 aromatic carbocycles. The van der Waals surface area contributed by atoms with Gasteiger partial charge in [0.05, 0.1) is 4.88 Å². The number of anilines is 2. The molecule has 6 heteroatoms. The predicted molar refractivity (Wildman–Crippen MR) is 97.8 cm³/mol. The van der Waals surface area contributed by atoms with Crippen molar-refractivity contribution in [3.05, 3.63) is 81.8 Å². The Labute approximate surface area is 148 Å². The number of benzene rings is 2. The molecule has 0 atom stereocenters. The third-order valence-electron chi connectivity index (χ3n) is 3.57. The fourth-order valence-corrected chi connectivity index (χ4v) is 2.85. The topological polar surface area (TPSA) is 58.2 Å². The lowest BCUT2D eigenvalue weighted by Gasteiger charge is -2.08. The minimum atomic E-state index is -0.345. The van der Waals surface area contributed by atoms with Crippen molar-refractivity contribution in [2.75, 3.05) is 10.6 Å². The Kier molecular flexibility index (Phi) is 4.90. The summed E-state index contributed by atoms with van der Waals surface area (Å²) in [4.78, 5) is 24.8. The number of halogens is 1. The summed E-state index contributed by atoms with van der Waals surface area (Å²) in [6.07, 6.45) is 0. The quantitative estimate of drug-likeness (QED) is 0.713. The zero-order valence-corrected chi connectivity index (χ0v) is 14.2. The number of aryl methyl sites for hydroxylation is 1. The second kappa shape index (κ2) is 7.27. The molecule has 126 valence electrons. The SMILES string of the molecule is Cc1cc(C(=O)Nc2ccc(NC(=O)c3cccs3)cc2)ccc1F. The van der Waals surface area contributed by atoms with Gasteiger partial charge in [-0.3, -0.25) is 9.59 Å². The number of thiophene rings is 1. The molecule has 0 aliphatic carbocycles. The molecule has 3 rings (SSSR count). The maximum absolute atomic E-state index is 13.3. The first kappa shape index (κ1) is 16.9. The van der Waals surface area contributed by atoms with Crippen LogP contribution in [0, 0.1) is 12.7 Å². The lowest BCUT2D eigenvalue weighted by Crippen LogP contribution is -2.13. The monoisotopic (exact) mass is 354 g/mol. The smallest absolute Gasteiger partial charge is 0.265 e. The third kappa shape index (κ3) is 4.10. The standard InChI is InChI=1S/C19H15FN2O2S/c1-12-11-13(4-9-16(12)20)18(23)21-14-5-7-15(8-6-14)22-19(24)17-3-2-10-25-17/h2-11H,1H3,(H,21,23)(H,22,24). The number of carbonyl (C=O) groups is 2. The summed E-state index contributed by atoms with van der Waals surface area (Å²) in [5, 5.41) is 7.37. The number of hydrogen-bond acceptors (Lipinski definition) is 3. The molecular formula is C19H15FN2O2S. The molecule has 0 radical (unpaired) electrons. The van der Waals surface area contributed by atoms with Crippen LogP contribution in [0.15, 0.2) is 60.0 Å². The van der Waals surface area contributed by atoms with Gasteiger partial charge < -0.3 is 10.6 Å². The summed E-state index contributed by atoms with van der Waals surface area (Å²) in [5.41, 5.74) is 2.02. The average molecular weight is 354 g/mol. The molecule has 0 fully saturated rings. The first-order chi connectivity index (χ1) is 12.0. The van der Waals surface area contributed by atoms with Gasteiger partial charge in [-0.25, -0.2) is 4.39 Å². The van der Waals surface area contributed by atoms with Gasteiger partial charge in [0.25, 0.3) is 11.8 Å². The fourth-order valence-electron chi connectivity index (χ4n) is 2.23. The van der Waals surface area contributed by atoms with Crippen molar-refractivity contribution in [2.45, 2.75) is 6.92 Å². The van der Waals surface area contributed by atoms with Crippen molar-refractivity contribution in [3.63, 3.8) is 0 Å². The number of nitrogens with one attached hydrogen (secondary N) is 2. The van der Waals surface area contributed by atoms with E-state index in [-0.39, 0.29) is 17.6 Å². The van der Waals surface area contributed by atoms with Crippen molar-refractivity contribution >= 4 is 34.5 Å². The second-order valence-corrected chi connectivity index (χ2v) is 6.37. The lowest BCUT2D eigenvalue weighted by atomic mass is 10.1. The van der Waals surface area contributed by atoms with Gasteiger partial charge in [-0.15, -0.1) is 11.3 Å². The highest BCUT2D eigenvalue weighted by Gasteiger charge is 2.09. The van der Waals surface area contributed by atoms with Gasteiger partial charge in [0.15, 0.2) is 0 Å². The van der Waals surface area contributed by atoms with Gasteiger partial charge in [-0.1, -0.05) is 6.07 Å². The van der Waals surface area contributed by atoms with Crippen molar-refractivity contribution in [3.8, 4) is 0 Å². The molecule has 4 nitrogen and oxygen atoms in total. The molecule has 0 spiro atoms. The Morgan fingerprint density at radius 3 is 2.12 bits per heavy atom. The molecule has 25 heavy (non-hydrogen) atoms. The minimum Gasteiger partial charge on any atom is -0.322 e. The van der Waals surface area contributed by atoms with Crippen LogP contribution < -0.4 is 10.6 Å². The molecule has 0 bridgehead atoms. The van der Waals surface area contributed by atoms with E-state index in [1.165, 1.54) is 29.5 Å². The van der Waals surface area contributed by atoms with Crippen molar-refractivity contribution in [2.24, 2.45) is 0 Å². The van der Waals surface area contributed by atoms with Crippen LogP contribution in [-0.2, 0) is 0 Å². The van der Waals surface area contributed by atoms with E-state index >= 15 is 0 Å². The van der Waals surface area contributed by atoms with Crippen molar-refractivity contribution < 1.29 is 14.0 Å². The van der Waals surface area contributed by atoms with E-state index in [4.69, 9.17) is 0 Å². The molecule has 2 amide bonds. The molecule has 0 aliphatic heterocycles. The van der Waals surface area contributed by atoms with Crippen molar-refractivity contribution in [1.29, 1.82) is 0 Å². The van der Waals surface area contributed by atoms with E-state index in [2.05, 4.69) is 10.6 Å². The van der Waals surface area contributed by atoms with Gasteiger partial charge in [0, 0.05) is 16.9 Å². The first-order valence-electron chi connectivity index (χ1n) is 7.55. The molecule has 1 aromatic heterocycles. The zero-order valence-electron chi connectivity index (χ0n) is 13.4. The Morgan fingerprint density at radius 2 is 1.56 bits per heavy atom. The highest BCUT2D eigenvalue weighted by Crippen LogP contribution is 2.17. The zero-order chi connectivity index (χ0) is 17.8. The van der Waals surface area contributed by atoms with Crippen LogP contribution in [0.1, 0.15) is 25.6 Å². The van der Waals surface area contributed by atoms with E-state index in [1.54, 1.807) is 37.3 Å². The Morgan fingerprint density at radius 1 is 0.920 bits per heavy atom. The number of amides is 2. The van der Waals surface area contributed by atoms with E-state index in [9.17, 15) is 14.0 Å². The lowest BCUT2D eigenvalue weighted by molar-refractivity contribution is 0.102. The van der Waals surface area contributed by atoms with Gasteiger partial charge in [0.1, 0.15) is 5.82 Å². The number of carbonyl (C=O) groups excluding carboxylic acids is 2. The Bertz CT molecular complexity index is 906. The summed E-state index contributed by atoms with van der Waals surface area (Å²) < 4.78 is 13.3. The summed E-state index contributed by atoms with van der Waals surface area (Å²) in [6.45, 7) is 1.61. The average Bonchev–Trinajstić information content (AvgIpc) is 3.14. The third-order valence-corrected chi connectivity index (χ3v) is 4.43. The van der Waals surface area contributed by atoms with Crippen LogP contribution in [0.5, 0.6) is 0 Å². The normalized spacial score (nSPS) is 10.3. The maximum Gasteiger partial charge on any atom is 0.265 e. The largest absolute Gasteiger partial charge is 0.322 e. The van der Waals surface area contributed by atoms with E-state index < -0.39 is 0 Å². The van der Waals surface area contributed by atoms with Gasteiger partial charge in [-0.2, -0.15) is 0 Å². The maximum atomic E-state index is 13.3. The summed E-state index contributed by atoms with van der Waals surface area (Å²) >= 11 is 1.37. The minimum absolute atomic E-state index is 0.173. The second-order valence-electron chi connectivity index (χ2n) is 5.43. The van der Waals surface area contributed by atoms with Gasteiger partial charge in [0.2, 0.25) is 0 Å². The van der Waals surface area contributed by atoms with E-state index in [1.807, 2.05) is 11.4 Å². The van der Waals surface area contributed by atoms with Gasteiger partial charge in [-0.05, 0) is 66.4 Å². The predicted octanol–water partition coefficient (Wildman–Crippen LogP) is 4.70. The summed E-state index contributed by atoms with van der Waals surface area (Å²) in [6, 6.07) is 14.6. The molecule has 0 aliphatic rings. The van der Waals surface area contributed by atoms with Crippen LogP contribution in [0.3, 0.4) is 0 Å². The highest BCUT2D eigenvalue weighted by atomic mass is 32.1. The number of rotatable bonds is 4. The van der Waals surface area contributed by atoms with E-state index in [0.717, 1.165) is 0 Å². The van der Waals surface area contributed by atoms with Gasteiger partial charge >= 0.3 is 0 Å². The summed E-state index contributed by atoms with van der Waals surface area (Å²) in [5.74, 6) is -0.838. The molecule has 0 unspecified atom stereocenters. The van der Waals surface area contributed by atoms with E-state index in [0.29, 0.717) is 27.4 Å². The van der Waals surface area contributed by atoms with Crippen LogP contribution in [-0.4, -0.2) is 11.8 Å². The van der Waals surface area contributed by atoms with Crippen LogP contribution in [0.2, 0.25) is 0 Å². The van der Waals surface area contributed by atoms with Crippen LogP contribution in [0.25, 0.3) is 0 Å². The molecular weight excluding hydrogens is 339 g/mol. The Hall–Kier alpha value is -2.99. The fraction of sp³-hybridized carbons (Fsp3) is 0.0526. The highest BCUT2D eigenvalue weighted by molar-refractivity contribution is 7.12. The first-order valence-corrected chi connectivity index (χ1v) is 8.43. The molecule has 3 aromatic rings. The Balaban J connectivity index is 1.65. The molecule has 0 saturated carbocycles. The van der Waals surface area contributed by atoms with Crippen molar-refractivity contribution in [1.82, 2.24) is 0 Å². The van der Waals surface area contributed by atoms with Crippen LogP contribution in [0.4, 0.5) is 15.8 Å². The molecule has 2 N–H and O–H groups in total. The number of hydrogen-bond donors (Lipinski definition) is 2. The summed E-state index contributed by atoms with van der Waals surface area (Å²) in [7, 11) is 0. The molecule has 0 saturated heterocycles.